The van der Waals surface area contributed by atoms with Crippen LogP contribution in [0.25, 0.3) is 11.3 Å². The fourth-order valence-corrected chi connectivity index (χ4v) is 3.68. The quantitative estimate of drug-likeness (QED) is 0.581. The smallest absolute Gasteiger partial charge is 0.340 e. The molecule has 0 radical (unpaired) electrons. The van der Waals surface area contributed by atoms with Crippen LogP contribution in [0.15, 0.2) is 53.9 Å². The summed E-state index contributed by atoms with van der Waals surface area (Å²) in [6.07, 6.45) is -0.0636. The normalized spacial score (nSPS) is 12.4. The van der Waals surface area contributed by atoms with Crippen LogP contribution in [-0.2, 0) is 16.0 Å². The Hall–Kier alpha value is -2.88. The summed E-state index contributed by atoms with van der Waals surface area (Å²) < 4.78 is 65.6. The van der Waals surface area contributed by atoms with Crippen molar-refractivity contribution in [2.75, 3.05) is 11.1 Å². The van der Waals surface area contributed by atoms with E-state index in [0.717, 1.165) is 18.3 Å². The highest BCUT2D eigenvalue weighted by Crippen LogP contribution is 2.34. The van der Waals surface area contributed by atoms with Crippen molar-refractivity contribution in [3.05, 3.63) is 54.6 Å². The van der Waals surface area contributed by atoms with Crippen molar-refractivity contribution in [2.45, 2.75) is 37.9 Å². The third kappa shape index (κ3) is 4.64. The second kappa shape index (κ2) is 8.10. The maximum absolute atomic E-state index is 13.0. The van der Waals surface area contributed by atoms with E-state index in [2.05, 4.69) is 15.3 Å². The third-order valence-corrected chi connectivity index (χ3v) is 6.29. The van der Waals surface area contributed by atoms with Crippen LogP contribution >= 0.6 is 0 Å². The summed E-state index contributed by atoms with van der Waals surface area (Å²) >= 11 is 0. The lowest BCUT2D eigenvalue weighted by molar-refractivity contribution is -0.137. The summed E-state index contributed by atoms with van der Waals surface area (Å²) in [6.45, 7) is 5.48. The number of imidazole rings is 1. The Morgan fingerprint density at radius 2 is 1.87 bits per heavy atom. The highest BCUT2D eigenvalue weighted by atomic mass is 32.2. The number of alkyl halides is 3. The van der Waals surface area contributed by atoms with Gasteiger partial charge in [-0.05, 0) is 44.2 Å². The molecular weight excluding hydrogens is 417 g/mol. The van der Waals surface area contributed by atoms with Crippen molar-refractivity contribution >= 4 is 21.3 Å². The molecule has 3 aromatic rings. The van der Waals surface area contributed by atoms with E-state index in [1.807, 2.05) is 18.4 Å². The summed E-state index contributed by atoms with van der Waals surface area (Å²) in [5.41, 5.74) is 0.496. The predicted octanol–water partition coefficient (Wildman–Crippen LogP) is 5.08. The van der Waals surface area contributed by atoms with Crippen LogP contribution in [0.4, 0.5) is 24.7 Å². The third-order valence-electron chi connectivity index (χ3n) is 4.55. The monoisotopic (exact) mass is 438 g/mol. The van der Waals surface area contributed by atoms with Gasteiger partial charge in [0.15, 0.2) is 9.84 Å². The number of nitrogens with one attached hydrogen (secondary N) is 1. The molecule has 6 nitrogen and oxygen atoms in total. The van der Waals surface area contributed by atoms with Gasteiger partial charge in [-0.25, -0.2) is 18.4 Å². The Bertz CT molecular complexity index is 1150. The Morgan fingerprint density at radius 1 is 1.13 bits per heavy atom. The number of hydrogen-bond acceptors (Lipinski definition) is 5. The van der Waals surface area contributed by atoms with Crippen LogP contribution in [0.5, 0.6) is 0 Å². The molecule has 160 valence electrons. The minimum absolute atomic E-state index is 0.0135. The first-order valence-corrected chi connectivity index (χ1v) is 10.9. The molecule has 2 aromatic heterocycles. The van der Waals surface area contributed by atoms with Crippen molar-refractivity contribution in [2.24, 2.45) is 0 Å². The lowest BCUT2D eigenvalue weighted by Crippen LogP contribution is -2.07. The van der Waals surface area contributed by atoms with E-state index in [1.165, 1.54) is 18.2 Å². The summed E-state index contributed by atoms with van der Waals surface area (Å²) in [5, 5.41) is 2.86. The number of sulfone groups is 1. The molecule has 0 saturated heterocycles. The number of halogens is 3. The van der Waals surface area contributed by atoms with Crippen LogP contribution in [0.2, 0.25) is 0 Å². The maximum Gasteiger partial charge on any atom is 0.416 e. The number of aromatic nitrogens is 3. The second-order valence-electron chi connectivity index (χ2n) is 6.96. The second-order valence-corrected chi connectivity index (χ2v) is 9.24. The average molecular weight is 438 g/mol. The van der Waals surface area contributed by atoms with E-state index in [0.29, 0.717) is 16.9 Å². The Kier molecular flexibility index (Phi) is 5.89. The fraction of sp³-hybridized carbons (Fsp3) is 0.300. The van der Waals surface area contributed by atoms with Crippen LogP contribution < -0.4 is 5.32 Å². The zero-order valence-corrected chi connectivity index (χ0v) is 17.4. The van der Waals surface area contributed by atoms with E-state index in [9.17, 15) is 21.6 Å². The SMILES string of the molecule is CCS(=O)(=O)c1ccc(Nc2cc(C(F)(F)F)ccn2)c(-c2cn(C(C)C)cn2)c1. The molecule has 0 fully saturated rings. The Balaban J connectivity index is 2.09. The van der Waals surface area contributed by atoms with E-state index in [1.54, 1.807) is 19.4 Å². The molecule has 3 rings (SSSR count). The molecule has 1 N–H and O–H groups in total. The molecule has 0 bridgehead atoms. The van der Waals surface area contributed by atoms with Gasteiger partial charge in [-0.2, -0.15) is 13.2 Å². The van der Waals surface area contributed by atoms with Crippen LogP contribution in [0.1, 0.15) is 32.4 Å². The standard InChI is InChI=1S/C20H21F3N4O2S/c1-4-30(28,29)15-5-6-17(16(10-15)18-11-27(12-25-18)13(2)3)26-19-9-14(7-8-24-19)20(21,22)23/h5-13H,4H2,1-3H3,(H,24,26). The van der Waals surface area contributed by atoms with Crippen molar-refractivity contribution < 1.29 is 21.6 Å². The minimum atomic E-state index is -4.50. The van der Waals surface area contributed by atoms with Crippen LogP contribution in [0.3, 0.4) is 0 Å². The molecule has 1 aromatic carbocycles. The zero-order chi connectivity index (χ0) is 22.1. The minimum Gasteiger partial charge on any atom is -0.340 e. The molecule has 0 aliphatic heterocycles. The number of anilines is 2. The van der Waals surface area contributed by atoms with E-state index in [-0.39, 0.29) is 22.5 Å². The first kappa shape index (κ1) is 21.8. The van der Waals surface area contributed by atoms with Crippen LogP contribution in [0, 0.1) is 0 Å². The number of nitrogens with zero attached hydrogens (tertiary/aromatic N) is 3. The first-order valence-electron chi connectivity index (χ1n) is 9.22. The van der Waals surface area contributed by atoms with Gasteiger partial charge in [0.05, 0.1) is 28.2 Å². The van der Waals surface area contributed by atoms with E-state index in [4.69, 9.17) is 0 Å². The first-order chi connectivity index (χ1) is 14.0. The van der Waals surface area contributed by atoms with Gasteiger partial charge in [0.25, 0.3) is 0 Å². The zero-order valence-electron chi connectivity index (χ0n) is 16.6. The number of benzene rings is 1. The van der Waals surface area contributed by atoms with Gasteiger partial charge in [0.2, 0.25) is 0 Å². The van der Waals surface area contributed by atoms with Crippen molar-refractivity contribution in [1.82, 2.24) is 14.5 Å². The largest absolute Gasteiger partial charge is 0.416 e. The summed E-state index contributed by atoms with van der Waals surface area (Å²) in [4.78, 5) is 8.40. The van der Waals surface area contributed by atoms with Gasteiger partial charge in [0.1, 0.15) is 5.82 Å². The van der Waals surface area contributed by atoms with Gasteiger partial charge >= 0.3 is 6.18 Å². The van der Waals surface area contributed by atoms with Gasteiger partial charge < -0.3 is 9.88 Å². The fourth-order valence-electron chi connectivity index (χ4n) is 2.78. The molecule has 0 aliphatic carbocycles. The van der Waals surface area contributed by atoms with E-state index >= 15 is 0 Å². The average Bonchev–Trinajstić information content (AvgIpc) is 3.18. The molecule has 0 aliphatic rings. The molecule has 10 heteroatoms. The summed E-state index contributed by atoms with van der Waals surface area (Å²) in [7, 11) is -3.48. The van der Waals surface area contributed by atoms with Crippen molar-refractivity contribution in [3.63, 3.8) is 0 Å². The van der Waals surface area contributed by atoms with Gasteiger partial charge in [-0.3, -0.25) is 0 Å². The molecule has 0 amide bonds. The number of rotatable bonds is 6. The highest BCUT2D eigenvalue weighted by Gasteiger charge is 2.30. The summed E-state index contributed by atoms with van der Waals surface area (Å²) in [6, 6.07) is 6.31. The summed E-state index contributed by atoms with van der Waals surface area (Å²) in [5.74, 6) is -0.0880. The molecular formula is C20H21F3N4O2S. The number of pyridine rings is 1. The molecule has 0 spiro atoms. The molecule has 30 heavy (non-hydrogen) atoms. The van der Waals surface area contributed by atoms with Gasteiger partial charge in [0, 0.05) is 29.7 Å². The maximum atomic E-state index is 13.0. The van der Waals surface area contributed by atoms with Crippen LogP contribution in [-0.4, -0.2) is 28.7 Å². The molecule has 2 heterocycles. The van der Waals surface area contributed by atoms with Gasteiger partial charge in [-0.15, -0.1) is 0 Å². The lowest BCUT2D eigenvalue weighted by atomic mass is 10.1. The Labute approximate surface area is 172 Å². The molecule has 0 atom stereocenters. The Morgan fingerprint density at radius 3 is 2.47 bits per heavy atom. The van der Waals surface area contributed by atoms with E-state index < -0.39 is 21.6 Å². The van der Waals surface area contributed by atoms with Crippen molar-refractivity contribution in [3.8, 4) is 11.3 Å². The molecule has 0 unspecified atom stereocenters. The lowest BCUT2D eigenvalue weighted by Gasteiger charge is -2.14. The molecule has 0 saturated carbocycles. The highest BCUT2D eigenvalue weighted by molar-refractivity contribution is 7.91. The topological polar surface area (TPSA) is 76.9 Å². The number of hydrogen-bond donors (Lipinski definition) is 1. The van der Waals surface area contributed by atoms with Gasteiger partial charge in [-0.1, -0.05) is 6.92 Å². The predicted molar refractivity (Wildman–Crippen MR) is 108 cm³/mol. The van der Waals surface area contributed by atoms with Crippen molar-refractivity contribution in [1.29, 1.82) is 0 Å².